The first-order valence-corrected chi connectivity index (χ1v) is 7.83. The molecule has 0 saturated heterocycles. The average Bonchev–Trinajstić information content (AvgIpc) is 3.01. The van der Waals surface area contributed by atoms with Gasteiger partial charge >= 0.3 is 0 Å². The normalized spacial score (nSPS) is 12.5. The molecule has 0 fully saturated rings. The molecule has 1 aromatic heterocycles. The van der Waals surface area contributed by atoms with Gasteiger partial charge in [0, 0.05) is 5.39 Å². The molecule has 3 aromatic rings. The number of hydrogen-bond donors (Lipinski definition) is 0. The van der Waals surface area contributed by atoms with Crippen molar-refractivity contribution in [3.8, 4) is 5.75 Å². The average molecular weight is 294 g/mol. The summed E-state index contributed by atoms with van der Waals surface area (Å²) in [4.78, 5) is 0. The second kappa shape index (κ2) is 6.27. The molecule has 2 nitrogen and oxygen atoms in total. The molecule has 0 amide bonds. The molecule has 2 aromatic carbocycles. The largest absolute Gasteiger partial charge is 0.497 e. The maximum Gasteiger partial charge on any atom is 0.134 e. The van der Waals surface area contributed by atoms with Crippen LogP contribution >= 0.6 is 0 Å². The third-order valence-corrected chi connectivity index (χ3v) is 4.26. The molecule has 0 bridgehead atoms. The zero-order chi connectivity index (χ0) is 15.5. The van der Waals surface area contributed by atoms with Crippen LogP contribution in [0.2, 0.25) is 0 Å². The number of aryl methyl sites for hydroxylation is 1. The van der Waals surface area contributed by atoms with Crippen molar-refractivity contribution in [2.75, 3.05) is 7.11 Å². The minimum absolute atomic E-state index is 0.436. The maximum absolute atomic E-state index is 5.51. The van der Waals surface area contributed by atoms with Crippen LogP contribution in [-0.4, -0.2) is 7.11 Å². The van der Waals surface area contributed by atoms with Crippen LogP contribution in [0.25, 0.3) is 11.0 Å². The lowest BCUT2D eigenvalue weighted by Crippen LogP contribution is -2.00. The van der Waals surface area contributed by atoms with E-state index in [0.29, 0.717) is 5.92 Å². The fraction of sp³-hybridized carbons (Fsp3) is 0.300. The molecule has 0 N–H and O–H groups in total. The summed E-state index contributed by atoms with van der Waals surface area (Å²) in [6, 6.07) is 15.0. The first-order chi connectivity index (χ1) is 10.7. The number of rotatable bonds is 5. The zero-order valence-electron chi connectivity index (χ0n) is 13.4. The fourth-order valence-corrected chi connectivity index (χ4v) is 2.92. The maximum atomic E-state index is 5.51. The predicted octanol–water partition coefficient (Wildman–Crippen LogP) is 5.35. The Morgan fingerprint density at radius 3 is 2.64 bits per heavy atom. The minimum atomic E-state index is 0.436. The summed E-state index contributed by atoms with van der Waals surface area (Å²) in [7, 11) is 1.73. The Bertz CT molecular complexity index is 748. The molecule has 0 aliphatic rings. The Hall–Kier alpha value is -2.22. The van der Waals surface area contributed by atoms with Gasteiger partial charge in [-0.15, -0.1) is 0 Å². The third-order valence-electron chi connectivity index (χ3n) is 4.26. The minimum Gasteiger partial charge on any atom is -0.497 e. The van der Waals surface area contributed by atoms with Gasteiger partial charge in [-0.3, -0.25) is 0 Å². The van der Waals surface area contributed by atoms with E-state index in [0.717, 1.165) is 29.6 Å². The van der Waals surface area contributed by atoms with Crippen molar-refractivity contribution in [1.82, 2.24) is 0 Å². The molecule has 3 rings (SSSR count). The molecule has 0 saturated carbocycles. The Morgan fingerprint density at radius 1 is 1.05 bits per heavy atom. The summed E-state index contributed by atoms with van der Waals surface area (Å²) in [5, 5.41) is 1.16. The first kappa shape index (κ1) is 14.7. The van der Waals surface area contributed by atoms with Crippen LogP contribution in [0.1, 0.15) is 36.5 Å². The van der Waals surface area contributed by atoms with Crippen molar-refractivity contribution in [2.24, 2.45) is 0 Å². The van der Waals surface area contributed by atoms with Gasteiger partial charge < -0.3 is 9.15 Å². The summed E-state index contributed by atoms with van der Waals surface area (Å²) < 4.78 is 10.9. The number of fused-ring (bicyclic) bond motifs is 1. The third kappa shape index (κ3) is 3.01. The lowest BCUT2D eigenvalue weighted by Gasteiger charge is -2.14. The van der Waals surface area contributed by atoms with Crippen LogP contribution < -0.4 is 4.74 Å². The molecule has 1 atom stereocenters. The van der Waals surface area contributed by atoms with E-state index in [-0.39, 0.29) is 0 Å². The van der Waals surface area contributed by atoms with Gasteiger partial charge in [0.2, 0.25) is 0 Å². The molecule has 0 spiro atoms. The summed E-state index contributed by atoms with van der Waals surface area (Å²) in [5.74, 6) is 1.38. The van der Waals surface area contributed by atoms with Crippen LogP contribution in [0.4, 0.5) is 0 Å². The predicted molar refractivity (Wildman–Crippen MR) is 90.7 cm³/mol. The van der Waals surface area contributed by atoms with Gasteiger partial charge in [-0.1, -0.05) is 32.0 Å². The van der Waals surface area contributed by atoms with Crippen molar-refractivity contribution in [3.63, 3.8) is 0 Å². The number of benzene rings is 2. The Balaban J connectivity index is 1.85. The highest BCUT2D eigenvalue weighted by Crippen LogP contribution is 2.27. The van der Waals surface area contributed by atoms with E-state index in [1.54, 1.807) is 13.4 Å². The molecular weight excluding hydrogens is 272 g/mol. The van der Waals surface area contributed by atoms with Crippen LogP contribution in [-0.2, 0) is 12.8 Å². The number of furan rings is 1. The van der Waals surface area contributed by atoms with Crippen molar-refractivity contribution in [3.05, 3.63) is 65.4 Å². The van der Waals surface area contributed by atoms with Gasteiger partial charge in [-0.2, -0.15) is 0 Å². The highest BCUT2D eigenvalue weighted by atomic mass is 16.5. The molecule has 0 aliphatic heterocycles. The second-order valence-electron chi connectivity index (χ2n) is 5.87. The Morgan fingerprint density at radius 2 is 1.86 bits per heavy atom. The van der Waals surface area contributed by atoms with Gasteiger partial charge in [0.1, 0.15) is 11.3 Å². The summed E-state index contributed by atoms with van der Waals surface area (Å²) in [6.07, 6.45) is 3.77. The highest BCUT2D eigenvalue weighted by molar-refractivity contribution is 5.77. The topological polar surface area (TPSA) is 22.4 Å². The molecule has 0 aliphatic carbocycles. The van der Waals surface area contributed by atoms with Crippen LogP contribution in [0.5, 0.6) is 5.75 Å². The van der Waals surface area contributed by atoms with Gasteiger partial charge in [-0.05, 0) is 59.7 Å². The molecule has 0 radical (unpaired) electrons. The number of hydrogen-bond acceptors (Lipinski definition) is 2. The second-order valence-corrected chi connectivity index (χ2v) is 5.87. The molecule has 1 unspecified atom stereocenters. The lowest BCUT2D eigenvalue weighted by atomic mass is 9.92. The van der Waals surface area contributed by atoms with Crippen molar-refractivity contribution in [2.45, 2.75) is 32.6 Å². The summed E-state index contributed by atoms with van der Waals surface area (Å²) in [5.41, 5.74) is 4.92. The number of ether oxygens (including phenoxy) is 1. The van der Waals surface area contributed by atoms with Crippen molar-refractivity contribution in [1.29, 1.82) is 0 Å². The molecule has 114 valence electrons. The van der Waals surface area contributed by atoms with Gasteiger partial charge in [0.05, 0.1) is 13.4 Å². The van der Waals surface area contributed by atoms with E-state index >= 15 is 0 Å². The number of methoxy groups -OCH3 is 1. The molecular formula is C20H22O2. The Labute approximate surface area is 131 Å². The molecule has 22 heavy (non-hydrogen) atoms. The summed E-state index contributed by atoms with van der Waals surface area (Å²) >= 11 is 0. The SMILES string of the molecule is CCc1cc(CC(C)c2ccc3ccoc3c2)cc(OC)c1. The standard InChI is InChI=1S/C20H22O2/c1-4-15-10-16(12-19(11-15)21-3)9-14(2)18-6-5-17-7-8-22-20(17)13-18/h5-8,10-14H,4,9H2,1-3H3. The van der Waals surface area contributed by atoms with E-state index in [1.165, 1.54) is 16.7 Å². The lowest BCUT2D eigenvalue weighted by molar-refractivity contribution is 0.413. The van der Waals surface area contributed by atoms with Crippen LogP contribution in [0.3, 0.4) is 0 Å². The van der Waals surface area contributed by atoms with Gasteiger partial charge in [0.25, 0.3) is 0 Å². The van der Waals surface area contributed by atoms with E-state index in [4.69, 9.17) is 9.15 Å². The first-order valence-electron chi connectivity index (χ1n) is 7.83. The van der Waals surface area contributed by atoms with E-state index < -0.39 is 0 Å². The van der Waals surface area contributed by atoms with E-state index in [2.05, 4.69) is 50.2 Å². The zero-order valence-corrected chi connectivity index (χ0v) is 13.4. The molecule has 1 heterocycles. The quantitative estimate of drug-likeness (QED) is 0.633. The Kier molecular flexibility index (Phi) is 4.19. The van der Waals surface area contributed by atoms with Crippen LogP contribution in [0.15, 0.2) is 53.1 Å². The fourth-order valence-electron chi connectivity index (χ4n) is 2.92. The summed E-state index contributed by atoms with van der Waals surface area (Å²) in [6.45, 7) is 4.43. The smallest absolute Gasteiger partial charge is 0.134 e. The van der Waals surface area contributed by atoms with Gasteiger partial charge in [0.15, 0.2) is 0 Å². The monoisotopic (exact) mass is 294 g/mol. The van der Waals surface area contributed by atoms with E-state index in [9.17, 15) is 0 Å². The van der Waals surface area contributed by atoms with Gasteiger partial charge in [-0.25, -0.2) is 0 Å². The van der Waals surface area contributed by atoms with Crippen molar-refractivity contribution >= 4 is 11.0 Å². The van der Waals surface area contributed by atoms with Crippen molar-refractivity contribution < 1.29 is 9.15 Å². The highest BCUT2D eigenvalue weighted by Gasteiger charge is 2.10. The van der Waals surface area contributed by atoms with E-state index in [1.807, 2.05) is 6.07 Å². The van der Waals surface area contributed by atoms with Crippen LogP contribution in [0, 0.1) is 0 Å². The molecule has 2 heteroatoms.